The van der Waals surface area contributed by atoms with Crippen molar-refractivity contribution in [1.29, 1.82) is 0 Å². The van der Waals surface area contributed by atoms with Crippen LogP contribution in [0.3, 0.4) is 0 Å². The van der Waals surface area contributed by atoms with Crippen LogP contribution in [0.15, 0.2) is 0 Å². The number of hydrogen-bond donors (Lipinski definition) is 2. The van der Waals surface area contributed by atoms with Gasteiger partial charge in [0.05, 0.1) is 0 Å². The molecule has 1 rings (SSSR count). The maximum absolute atomic E-state index is 11.6. The Hall–Kier alpha value is -1.06. The third-order valence-electron chi connectivity index (χ3n) is 3.04. The van der Waals surface area contributed by atoms with Gasteiger partial charge < -0.3 is 10.6 Å². The van der Waals surface area contributed by atoms with Gasteiger partial charge in [0.1, 0.15) is 0 Å². The first kappa shape index (κ1) is 14.0. The second kappa shape index (κ2) is 5.52. The van der Waals surface area contributed by atoms with Gasteiger partial charge in [0.2, 0.25) is 11.8 Å². The Labute approximate surface area is 104 Å². The number of rotatable bonds is 5. The van der Waals surface area contributed by atoms with Gasteiger partial charge in [0.15, 0.2) is 0 Å². The van der Waals surface area contributed by atoms with Crippen LogP contribution in [0.1, 0.15) is 47.0 Å². The van der Waals surface area contributed by atoms with Crippen molar-refractivity contribution in [1.82, 2.24) is 10.6 Å². The van der Waals surface area contributed by atoms with E-state index in [1.807, 2.05) is 27.7 Å². The van der Waals surface area contributed by atoms with E-state index in [1.54, 1.807) is 0 Å². The van der Waals surface area contributed by atoms with E-state index >= 15 is 0 Å². The Kier molecular flexibility index (Phi) is 4.54. The number of carbonyl (C=O) groups excluding carboxylic acids is 2. The maximum atomic E-state index is 11.6. The lowest BCUT2D eigenvalue weighted by Crippen LogP contribution is -2.39. The second-order valence-corrected chi connectivity index (χ2v) is 5.95. The molecule has 4 heteroatoms. The van der Waals surface area contributed by atoms with Crippen LogP contribution < -0.4 is 10.6 Å². The van der Waals surface area contributed by atoms with Gasteiger partial charge in [0.25, 0.3) is 0 Å². The van der Waals surface area contributed by atoms with Crippen molar-refractivity contribution in [3.8, 4) is 0 Å². The summed E-state index contributed by atoms with van der Waals surface area (Å²) in [5, 5.41) is 5.74. The summed E-state index contributed by atoms with van der Waals surface area (Å²) in [5.74, 6) is 0.683. The van der Waals surface area contributed by atoms with Crippen LogP contribution in [0.4, 0.5) is 0 Å². The van der Waals surface area contributed by atoms with E-state index in [-0.39, 0.29) is 17.9 Å². The van der Waals surface area contributed by atoms with Gasteiger partial charge >= 0.3 is 0 Å². The molecule has 1 atom stereocenters. The Morgan fingerprint density at radius 2 is 1.88 bits per heavy atom. The van der Waals surface area contributed by atoms with Crippen LogP contribution in [0.2, 0.25) is 0 Å². The normalized spacial score (nSPS) is 17.4. The average molecular weight is 240 g/mol. The molecule has 1 aliphatic carbocycles. The molecule has 0 bridgehead atoms. The minimum absolute atomic E-state index is 0.0134. The molecule has 0 radical (unpaired) electrons. The third-order valence-corrected chi connectivity index (χ3v) is 3.04. The molecule has 0 aromatic heterocycles. The quantitative estimate of drug-likeness (QED) is 0.764. The predicted molar refractivity (Wildman–Crippen MR) is 67.4 cm³/mol. The summed E-state index contributed by atoms with van der Waals surface area (Å²) in [4.78, 5) is 23.1. The largest absolute Gasteiger partial charge is 0.355 e. The molecule has 2 amide bonds. The van der Waals surface area contributed by atoms with E-state index in [0.29, 0.717) is 18.9 Å². The highest BCUT2D eigenvalue weighted by Gasteiger charge is 2.28. The minimum atomic E-state index is -0.391. The summed E-state index contributed by atoms with van der Waals surface area (Å²) < 4.78 is 0. The molecule has 1 fully saturated rings. The highest BCUT2D eigenvalue weighted by Crippen LogP contribution is 2.32. The number of nitrogens with one attached hydrogen (secondary N) is 2. The second-order valence-electron chi connectivity index (χ2n) is 5.95. The Morgan fingerprint density at radius 3 is 2.35 bits per heavy atom. The Balaban J connectivity index is 2.13. The molecular weight excluding hydrogens is 216 g/mol. The summed E-state index contributed by atoms with van der Waals surface area (Å²) in [6.07, 6.45) is 2.81. The van der Waals surface area contributed by atoms with Gasteiger partial charge in [-0.05, 0) is 25.7 Å². The van der Waals surface area contributed by atoms with E-state index in [9.17, 15) is 9.59 Å². The topological polar surface area (TPSA) is 58.2 Å². The van der Waals surface area contributed by atoms with E-state index in [2.05, 4.69) is 10.6 Å². The van der Waals surface area contributed by atoms with Crippen LogP contribution >= 0.6 is 0 Å². The van der Waals surface area contributed by atoms with Gasteiger partial charge in [-0.25, -0.2) is 0 Å². The van der Waals surface area contributed by atoms with Gasteiger partial charge in [0, 0.05) is 24.4 Å². The molecule has 2 N–H and O–H groups in total. The van der Waals surface area contributed by atoms with Crippen molar-refractivity contribution < 1.29 is 9.59 Å². The lowest BCUT2D eigenvalue weighted by molar-refractivity contribution is -0.128. The molecule has 0 heterocycles. The molecule has 0 aromatic carbocycles. The van der Waals surface area contributed by atoms with Gasteiger partial charge in [-0.15, -0.1) is 0 Å². The maximum Gasteiger partial charge on any atom is 0.225 e. The zero-order chi connectivity index (χ0) is 13.1. The standard InChI is InChI=1S/C13H24N2O2/c1-9(10-5-6-10)15-11(16)7-8-14-12(17)13(2,3)4/h9-10H,5-8H2,1-4H3,(H,14,17)(H,15,16). The Bertz CT molecular complexity index is 290. The zero-order valence-corrected chi connectivity index (χ0v) is 11.3. The van der Waals surface area contributed by atoms with Crippen molar-refractivity contribution in [2.45, 2.75) is 53.0 Å². The van der Waals surface area contributed by atoms with Crippen molar-refractivity contribution in [2.75, 3.05) is 6.54 Å². The first-order valence-corrected chi connectivity index (χ1v) is 6.38. The molecule has 4 nitrogen and oxygen atoms in total. The van der Waals surface area contributed by atoms with Crippen molar-refractivity contribution in [3.05, 3.63) is 0 Å². The monoisotopic (exact) mass is 240 g/mol. The zero-order valence-electron chi connectivity index (χ0n) is 11.3. The lowest BCUT2D eigenvalue weighted by atomic mass is 9.96. The Morgan fingerprint density at radius 1 is 1.29 bits per heavy atom. The summed E-state index contributed by atoms with van der Waals surface area (Å²) >= 11 is 0. The van der Waals surface area contributed by atoms with Gasteiger partial charge in [-0.1, -0.05) is 20.8 Å². The molecule has 1 aliphatic rings. The lowest BCUT2D eigenvalue weighted by Gasteiger charge is -2.18. The van der Waals surface area contributed by atoms with E-state index in [1.165, 1.54) is 12.8 Å². The first-order valence-electron chi connectivity index (χ1n) is 6.38. The first-order chi connectivity index (χ1) is 7.80. The molecular formula is C13H24N2O2. The summed E-state index contributed by atoms with van der Waals surface area (Å²) in [6, 6.07) is 0.279. The molecule has 0 aliphatic heterocycles. The highest BCUT2D eigenvalue weighted by molar-refractivity contribution is 5.82. The van der Waals surface area contributed by atoms with Gasteiger partial charge in [-0.2, -0.15) is 0 Å². The van der Waals surface area contributed by atoms with E-state index in [0.717, 1.165) is 0 Å². The molecule has 1 unspecified atom stereocenters. The molecule has 0 spiro atoms. The number of amides is 2. The van der Waals surface area contributed by atoms with Crippen molar-refractivity contribution >= 4 is 11.8 Å². The fraction of sp³-hybridized carbons (Fsp3) is 0.846. The van der Waals surface area contributed by atoms with Crippen LogP contribution in [0.25, 0.3) is 0 Å². The van der Waals surface area contributed by atoms with Crippen molar-refractivity contribution in [3.63, 3.8) is 0 Å². The van der Waals surface area contributed by atoms with Crippen LogP contribution in [0.5, 0.6) is 0 Å². The smallest absolute Gasteiger partial charge is 0.225 e. The van der Waals surface area contributed by atoms with Crippen molar-refractivity contribution in [2.24, 2.45) is 11.3 Å². The predicted octanol–water partition coefficient (Wildman–Crippen LogP) is 1.45. The number of carbonyl (C=O) groups is 2. The number of hydrogen-bond acceptors (Lipinski definition) is 2. The van der Waals surface area contributed by atoms with Crippen LogP contribution in [-0.2, 0) is 9.59 Å². The summed E-state index contributed by atoms with van der Waals surface area (Å²) in [5.41, 5.74) is -0.391. The van der Waals surface area contributed by atoms with E-state index in [4.69, 9.17) is 0 Å². The molecule has 17 heavy (non-hydrogen) atoms. The fourth-order valence-corrected chi connectivity index (χ4v) is 1.59. The fourth-order valence-electron chi connectivity index (χ4n) is 1.59. The van der Waals surface area contributed by atoms with Gasteiger partial charge in [-0.3, -0.25) is 9.59 Å². The minimum Gasteiger partial charge on any atom is -0.355 e. The molecule has 0 aromatic rings. The highest BCUT2D eigenvalue weighted by atomic mass is 16.2. The molecule has 98 valence electrons. The van der Waals surface area contributed by atoms with E-state index < -0.39 is 5.41 Å². The van der Waals surface area contributed by atoms with Crippen LogP contribution in [-0.4, -0.2) is 24.4 Å². The summed E-state index contributed by atoms with van der Waals surface area (Å²) in [6.45, 7) is 8.04. The molecule has 0 saturated heterocycles. The summed E-state index contributed by atoms with van der Waals surface area (Å²) in [7, 11) is 0. The molecule has 1 saturated carbocycles. The SMILES string of the molecule is CC(NC(=O)CCNC(=O)C(C)(C)C)C1CC1. The van der Waals surface area contributed by atoms with Crippen LogP contribution in [0, 0.1) is 11.3 Å². The average Bonchev–Trinajstić information content (AvgIpc) is 2.98. The third kappa shape index (κ3) is 5.20.